The molecule has 0 heteroatoms. The number of hydrogen-bond acceptors (Lipinski definition) is 0. The molecule has 0 spiro atoms. The van der Waals surface area contributed by atoms with E-state index < -0.39 is 0 Å². The van der Waals surface area contributed by atoms with E-state index in [1.54, 1.807) is 22.3 Å². The maximum atomic E-state index is 2.46. The number of hydrogen-bond donors (Lipinski definition) is 0. The summed E-state index contributed by atoms with van der Waals surface area (Å²) in [6.45, 7) is 16.2. The van der Waals surface area contributed by atoms with Crippen molar-refractivity contribution in [2.75, 3.05) is 0 Å². The average molecular weight is 296 g/mol. The van der Waals surface area contributed by atoms with Crippen molar-refractivity contribution in [3.8, 4) is 0 Å². The van der Waals surface area contributed by atoms with Gasteiger partial charge in [0.05, 0.1) is 0 Å². The second kappa shape index (κ2) is 6.44. The predicted molar refractivity (Wildman–Crippen MR) is 100 cm³/mol. The van der Waals surface area contributed by atoms with Crippen molar-refractivity contribution in [3.63, 3.8) is 0 Å². The molecule has 0 aliphatic carbocycles. The van der Waals surface area contributed by atoms with Gasteiger partial charge in [0.15, 0.2) is 0 Å². The van der Waals surface area contributed by atoms with Crippen molar-refractivity contribution in [1.29, 1.82) is 0 Å². The Hall–Kier alpha value is -1.30. The Morgan fingerprint density at radius 3 is 1.50 bits per heavy atom. The molecule has 2 aromatic carbocycles. The fraction of sp³-hybridized carbons (Fsp3) is 0.545. The Kier molecular flexibility index (Phi) is 5.00. The minimum absolute atomic E-state index is 0.210. The molecule has 0 aromatic heterocycles. The normalized spacial score (nSPS) is 12.1. The Bertz CT molecular complexity index is 669. The van der Waals surface area contributed by atoms with Crippen LogP contribution in [0.3, 0.4) is 0 Å². The lowest BCUT2D eigenvalue weighted by molar-refractivity contribution is 0.591. The third-order valence-corrected chi connectivity index (χ3v) is 5.04. The molecule has 0 N–H and O–H groups in total. The standard InChI is InChI=1S/C22H32/c1-8-16-17(9-2)19(11-4)21-14-15(22(5,6)7)12-13-20(21)18(16)10-3/h12-14H,8-11H2,1-7H3. The van der Waals surface area contributed by atoms with Crippen LogP contribution in [0, 0.1) is 0 Å². The van der Waals surface area contributed by atoms with E-state index in [1.165, 1.54) is 16.3 Å². The largest absolute Gasteiger partial charge is 0.0613 e. The minimum atomic E-state index is 0.210. The summed E-state index contributed by atoms with van der Waals surface area (Å²) in [5, 5.41) is 2.99. The maximum absolute atomic E-state index is 2.46. The highest BCUT2D eigenvalue weighted by atomic mass is 14.2. The summed E-state index contributed by atoms with van der Waals surface area (Å²) in [5.74, 6) is 0. The van der Waals surface area contributed by atoms with Crippen LogP contribution in [0.4, 0.5) is 0 Å². The van der Waals surface area contributed by atoms with Crippen LogP contribution >= 0.6 is 0 Å². The van der Waals surface area contributed by atoms with Gasteiger partial charge in [0, 0.05) is 0 Å². The van der Waals surface area contributed by atoms with Crippen LogP contribution in [-0.2, 0) is 31.1 Å². The molecule has 0 aliphatic rings. The lowest BCUT2D eigenvalue weighted by atomic mass is 9.81. The van der Waals surface area contributed by atoms with Gasteiger partial charge in [0.25, 0.3) is 0 Å². The fourth-order valence-electron chi connectivity index (χ4n) is 3.87. The smallest absolute Gasteiger partial charge is 0.0132 e. The third-order valence-electron chi connectivity index (χ3n) is 5.04. The van der Waals surface area contributed by atoms with E-state index >= 15 is 0 Å². The molecule has 120 valence electrons. The van der Waals surface area contributed by atoms with Gasteiger partial charge in [0.2, 0.25) is 0 Å². The number of benzene rings is 2. The summed E-state index contributed by atoms with van der Waals surface area (Å²) < 4.78 is 0. The molecule has 0 bridgehead atoms. The molecular weight excluding hydrogens is 264 g/mol. The first-order valence-corrected chi connectivity index (χ1v) is 8.98. The summed E-state index contributed by atoms with van der Waals surface area (Å²) in [4.78, 5) is 0. The molecule has 2 rings (SSSR count). The van der Waals surface area contributed by atoms with E-state index in [2.05, 4.69) is 66.7 Å². The second-order valence-electron chi connectivity index (χ2n) is 7.34. The Labute approximate surface area is 136 Å². The number of aryl methyl sites for hydroxylation is 2. The highest BCUT2D eigenvalue weighted by molar-refractivity contribution is 5.92. The molecule has 0 atom stereocenters. The number of rotatable bonds is 4. The van der Waals surface area contributed by atoms with Gasteiger partial charge >= 0.3 is 0 Å². The highest BCUT2D eigenvalue weighted by Gasteiger charge is 2.19. The van der Waals surface area contributed by atoms with E-state index in [1.807, 2.05) is 0 Å². The molecule has 0 aliphatic heterocycles. The third kappa shape index (κ3) is 2.81. The minimum Gasteiger partial charge on any atom is -0.0613 e. The lowest BCUT2D eigenvalue weighted by Gasteiger charge is -2.24. The van der Waals surface area contributed by atoms with Crippen LogP contribution in [0.15, 0.2) is 18.2 Å². The van der Waals surface area contributed by atoms with Gasteiger partial charge in [-0.15, -0.1) is 0 Å². The zero-order valence-electron chi connectivity index (χ0n) is 15.6. The molecule has 2 aromatic rings. The van der Waals surface area contributed by atoms with E-state index in [9.17, 15) is 0 Å². The van der Waals surface area contributed by atoms with Gasteiger partial charge in [-0.1, -0.05) is 66.7 Å². The van der Waals surface area contributed by atoms with Crippen LogP contribution in [0.1, 0.15) is 76.3 Å². The van der Waals surface area contributed by atoms with E-state index in [-0.39, 0.29) is 5.41 Å². The zero-order valence-corrected chi connectivity index (χ0v) is 15.6. The summed E-state index contributed by atoms with van der Waals surface area (Å²) in [7, 11) is 0. The van der Waals surface area contributed by atoms with Crippen molar-refractivity contribution in [3.05, 3.63) is 46.0 Å². The van der Waals surface area contributed by atoms with Gasteiger partial charge in [-0.25, -0.2) is 0 Å². The summed E-state index contributed by atoms with van der Waals surface area (Å²) >= 11 is 0. The van der Waals surface area contributed by atoms with Gasteiger partial charge in [-0.2, -0.15) is 0 Å². The Morgan fingerprint density at radius 1 is 0.636 bits per heavy atom. The lowest BCUT2D eigenvalue weighted by Crippen LogP contribution is -2.12. The van der Waals surface area contributed by atoms with Crippen LogP contribution in [0.2, 0.25) is 0 Å². The first-order chi connectivity index (χ1) is 10.4. The van der Waals surface area contributed by atoms with Gasteiger partial charge in [-0.3, -0.25) is 0 Å². The number of fused-ring (bicyclic) bond motifs is 1. The van der Waals surface area contributed by atoms with Crippen LogP contribution in [-0.4, -0.2) is 0 Å². The second-order valence-corrected chi connectivity index (χ2v) is 7.34. The van der Waals surface area contributed by atoms with Crippen LogP contribution in [0.25, 0.3) is 10.8 Å². The van der Waals surface area contributed by atoms with Gasteiger partial charge in [-0.05, 0) is 69.7 Å². The molecule has 0 saturated carbocycles. The van der Waals surface area contributed by atoms with Gasteiger partial charge < -0.3 is 0 Å². The molecular formula is C22H32. The monoisotopic (exact) mass is 296 g/mol. The summed E-state index contributed by atoms with van der Waals surface area (Å²) in [6, 6.07) is 7.18. The molecule has 0 radical (unpaired) electrons. The molecule has 0 saturated heterocycles. The first kappa shape index (κ1) is 17.1. The van der Waals surface area contributed by atoms with Gasteiger partial charge in [0.1, 0.15) is 0 Å². The topological polar surface area (TPSA) is 0 Å². The summed E-state index contributed by atoms with van der Waals surface area (Å²) in [5.41, 5.74) is 8.03. The molecule has 0 heterocycles. The highest BCUT2D eigenvalue weighted by Crippen LogP contribution is 2.35. The molecule has 0 nitrogen and oxygen atoms in total. The van der Waals surface area contributed by atoms with E-state index in [0.29, 0.717) is 0 Å². The van der Waals surface area contributed by atoms with Crippen molar-refractivity contribution >= 4 is 10.8 Å². The van der Waals surface area contributed by atoms with Crippen LogP contribution in [0.5, 0.6) is 0 Å². The first-order valence-electron chi connectivity index (χ1n) is 8.98. The van der Waals surface area contributed by atoms with E-state index in [4.69, 9.17) is 0 Å². The maximum Gasteiger partial charge on any atom is -0.0132 e. The van der Waals surface area contributed by atoms with Crippen molar-refractivity contribution in [2.45, 2.75) is 79.6 Å². The SMILES string of the molecule is CCc1c(CC)c(CC)c2cc(C(C)(C)C)ccc2c1CC. The average Bonchev–Trinajstić information content (AvgIpc) is 2.50. The van der Waals surface area contributed by atoms with E-state index in [0.717, 1.165) is 25.7 Å². The quantitative estimate of drug-likeness (QED) is 0.613. The molecule has 0 unspecified atom stereocenters. The van der Waals surface area contributed by atoms with Crippen molar-refractivity contribution in [2.24, 2.45) is 0 Å². The molecule has 22 heavy (non-hydrogen) atoms. The molecule has 0 fully saturated rings. The van der Waals surface area contributed by atoms with Crippen molar-refractivity contribution in [1.82, 2.24) is 0 Å². The zero-order chi connectivity index (χ0) is 16.5. The Balaban J connectivity index is 2.94. The molecule has 0 amide bonds. The Morgan fingerprint density at radius 2 is 1.09 bits per heavy atom. The predicted octanol–water partition coefficient (Wildman–Crippen LogP) is 6.39. The van der Waals surface area contributed by atoms with Crippen molar-refractivity contribution < 1.29 is 0 Å². The summed E-state index contributed by atoms with van der Waals surface area (Å²) in [6.07, 6.45) is 4.56. The van der Waals surface area contributed by atoms with Crippen LogP contribution < -0.4 is 0 Å². The fourth-order valence-corrected chi connectivity index (χ4v) is 3.87.